The van der Waals surface area contributed by atoms with Crippen LogP contribution in [0.1, 0.15) is 27.7 Å². The number of hydrogen-bond donors (Lipinski definition) is 0. The van der Waals surface area contributed by atoms with Crippen molar-refractivity contribution in [2.75, 3.05) is 6.67 Å². The van der Waals surface area contributed by atoms with Crippen LogP contribution in [0.3, 0.4) is 0 Å². The predicted octanol–water partition coefficient (Wildman–Crippen LogP) is 3.19. The van der Waals surface area contributed by atoms with Crippen LogP contribution in [0, 0.1) is 11.8 Å². The lowest BCUT2D eigenvalue weighted by atomic mass is 9.92. The summed E-state index contributed by atoms with van der Waals surface area (Å²) in [5.74, 6) is 0.584. The van der Waals surface area contributed by atoms with E-state index in [0.717, 1.165) is 0 Å². The van der Waals surface area contributed by atoms with Crippen molar-refractivity contribution in [2.45, 2.75) is 27.7 Å². The molecule has 1 atom stereocenters. The summed E-state index contributed by atoms with van der Waals surface area (Å²) < 4.78 is 12.1. The van der Waals surface area contributed by atoms with Gasteiger partial charge in [-0.25, -0.2) is 0 Å². The zero-order valence-corrected chi connectivity index (χ0v) is 7.32. The fourth-order valence-electron chi connectivity index (χ4n) is 1.28. The topological polar surface area (TPSA) is 0 Å². The van der Waals surface area contributed by atoms with E-state index >= 15 is 0 Å². The second-order valence-electron chi connectivity index (χ2n) is 3.00. The summed E-state index contributed by atoms with van der Waals surface area (Å²) in [5, 5.41) is 0. The Morgan fingerprint density at radius 2 is 1.90 bits per heavy atom. The zero-order valence-electron chi connectivity index (χ0n) is 7.32. The molecule has 0 N–H and O–H groups in total. The maximum atomic E-state index is 12.1. The Bertz CT molecular complexity index is 114. The molecule has 0 aromatic rings. The van der Waals surface area contributed by atoms with Crippen LogP contribution in [0.25, 0.3) is 0 Å². The maximum absolute atomic E-state index is 12.1. The first kappa shape index (κ1) is 9.67. The molecule has 0 saturated heterocycles. The Morgan fingerprint density at radius 1 is 1.40 bits per heavy atom. The first-order valence-corrected chi connectivity index (χ1v) is 3.85. The quantitative estimate of drug-likeness (QED) is 0.533. The van der Waals surface area contributed by atoms with Gasteiger partial charge in [-0.1, -0.05) is 32.4 Å². The van der Waals surface area contributed by atoms with Crippen LogP contribution in [0.5, 0.6) is 0 Å². The van der Waals surface area contributed by atoms with Crippen molar-refractivity contribution in [3.8, 4) is 0 Å². The largest absolute Gasteiger partial charge is 0.250 e. The van der Waals surface area contributed by atoms with Gasteiger partial charge in [-0.3, -0.25) is 4.39 Å². The van der Waals surface area contributed by atoms with Crippen LogP contribution < -0.4 is 0 Å². The monoisotopic (exact) mass is 144 g/mol. The molecule has 0 aromatic heterocycles. The molecule has 0 radical (unpaired) electrons. The number of allylic oxidation sites excluding steroid dienone is 2. The van der Waals surface area contributed by atoms with Crippen LogP contribution in [-0.2, 0) is 0 Å². The van der Waals surface area contributed by atoms with Gasteiger partial charge in [-0.2, -0.15) is 0 Å². The first-order valence-electron chi connectivity index (χ1n) is 3.85. The minimum absolute atomic E-state index is 0.102. The average molecular weight is 144 g/mol. The molecule has 0 fully saturated rings. The normalized spacial score (nSPS) is 16.0. The van der Waals surface area contributed by atoms with Crippen LogP contribution in [0.2, 0.25) is 0 Å². The molecule has 0 aliphatic heterocycles. The van der Waals surface area contributed by atoms with E-state index in [1.54, 1.807) is 0 Å². The highest BCUT2D eigenvalue weighted by Crippen LogP contribution is 2.19. The molecule has 0 aromatic carbocycles. The summed E-state index contributed by atoms with van der Waals surface area (Å²) in [6.07, 6.45) is 2.02. The molecular weight excluding hydrogens is 127 g/mol. The van der Waals surface area contributed by atoms with Crippen molar-refractivity contribution in [1.29, 1.82) is 0 Å². The summed E-state index contributed by atoms with van der Waals surface area (Å²) >= 11 is 0. The number of rotatable bonds is 3. The Labute approximate surface area is 63.1 Å². The van der Waals surface area contributed by atoms with Crippen LogP contribution >= 0.6 is 0 Å². The third-order valence-electron chi connectivity index (χ3n) is 1.80. The molecule has 0 heterocycles. The van der Waals surface area contributed by atoms with Crippen molar-refractivity contribution in [2.24, 2.45) is 11.8 Å². The highest BCUT2D eigenvalue weighted by atomic mass is 19.1. The molecular formula is C9H17F. The lowest BCUT2D eigenvalue weighted by Crippen LogP contribution is -2.06. The lowest BCUT2D eigenvalue weighted by molar-refractivity contribution is 0.400. The SMILES string of the molecule is CC=C(C(C)C)C(C)CF. The van der Waals surface area contributed by atoms with Crippen molar-refractivity contribution < 1.29 is 4.39 Å². The Morgan fingerprint density at radius 3 is 2.00 bits per heavy atom. The number of hydrogen-bond acceptors (Lipinski definition) is 0. The van der Waals surface area contributed by atoms with Gasteiger partial charge in [-0.05, 0) is 12.8 Å². The van der Waals surface area contributed by atoms with E-state index < -0.39 is 0 Å². The number of alkyl halides is 1. The molecule has 0 aliphatic rings. The Hall–Kier alpha value is -0.330. The predicted molar refractivity (Wildman–Crippen MR) is 43.7 cm³/mol. The molecule has 1 heteroatoms. The Kier molecular flexibility index (Phi) is 4.33. The third kappa shape index (κ3) is 2.51. The van der Waals surface area contributed by atoms with E-state index in [9.17, 15) is 4.39 Å². The van der Waals surface area contributed by atoms with Gasteiger partial charge in [0.1, 0.15) is 0 Å². The summed E-state index contributed by atoms with van der Waals surface area (Å²) in [5.41, 5.74) is 1.22. The average Bonchev–Trinajstić information content (AvgIpc) is 1.88. The van der Waals surface area contributed by atoms with Gasteiger partial charge in [0.2, 0.25) is 0 Å². The van der Waals surface area contributed by atoms with Crippen molar-refractivity contribution in [3.63, 3.8) is 0 Å². The first-order chi connectivity index (χ1) is 4.63. The fraction of sp³-hybridized carbons (Fsp3) is 0.778. The summed E-state index contributed by atoms with van der Waals surface area (Å²) in [4.78, 5) is 0. The number of halogens is 1. The van der Waals surface area contributed by atoms with E-state index in [-0.39, 0.29) is 12.6 Å². The molecule has 0 saturated carbocycles. The van der Waals surface area contributed by atoms with Gasteiger partial charge in [-0.15, -0.1) is 0 Å². The molecule has 10 heavy (non-hydrogen) atoms. The van der Waals surface area contributed by atoms with Crippen molar-refractivity contribution in [1.82, 2.24) is 0 Å². The molecule has 0 aliphatic carbocycles. The molecule has 60 valence electrons. The van der Waals surface area contributed by atoms with Gasteiger partial charge >= 0.3 is 0 Å². The second-order valence-corrected chi connectivity index (χ2v) is 3.00. The molecule has 0 rings (SSSR count). The molecule has 0 amide bonds. The van der Waals surface area contributed by atoms with E-state index in [1.807, 2.05) is 19.9 Å². The van der Waals surface area contributed by atoms with E-state index in [0.29, 0.717) is 5.92 Å². The third-order valence-corrected chi connectivity index (χ3v) is 1.80. The minimum atomic E-state index is -0.238. The smallest absolute Gasteiger partial charge is 0.0957 e. The summed E-state index contributed by atoms with van der Waals surface area (Å²) in [6, 6.07) is 0. The van der Waals surface area contributed by atoms with Crippen LogP contribution in [-0.4, -0.2) is 6.67 Å². The highest BCUT2D eigenvalue weighted by Gasteiger charge is 2.09. The van der Waals surface area contributed by atoms with E-state index in [1.165, 1.54) is 5.57 Å². The van der Waals surface area contributed by atoms with Gasteiger partial charge < -0.3 is 0 Å². The zero-order chi connectivity index (χ0) is 8.15. The fourth-order valence-corrected chi connectivity index (χ4v) is 1.28. The second kappa shape index (κ2) is 4.48. The van der Waals surface area contributed by atoms with Crippen molar-refractivity contribution >= 4 is 0 Å². The van der Waals surface area contributed by atoms with E-state index in [4.69, 9.17) is 0 Å². The van der Waals surface area contributed by atoms with Crippen LogP contribution in [0.4, 0.5) is 4.39 Å². The molecule has 1 unspecified atom stereocenters. The van der Waals surface area contributed by atoms with Gasteiger partial charge in [0.25, 0.3) is 0 Å². The summed E-state index contributed by atoms with van der Waals surface area (Å²) in [6.45, 7) is 7.86. The highest BCUT2D eigenvalue weighted by molar-refractivity contribution is 5.06. The molecule has 0 nitrogen and oxygen atoms in total. The Balaban J connectivity index is 4.08. The minimum Gasteiger partial charge on any atom is -0.250 e. The standard InChI is InChI=1S/C9H17F/c1-5-9(7(2)3)8(4)6-10/h5,7-8H,6H2,1-4H3. The van der Waals surface area contributed by atoms with Gasteiger partial charge in [0, 0.05) is 5.92 Å². The maximum Gasteiger partial charge on any atom is 0.0957 e. The van der Waals surface area contributed by atoms with Crippen molar-refractivity contribution in [3.05, 3.63) is 11.6 Å². The van der Waals surface area contributed by atoms with Gasteiger partial charge in [0.05, 0.1) is 6.67 Å². The lowest BCUT2D eigenvalue weighted by Gasteiger charge is -2.15. The van der Waals surface area contributed by atoms with Gasteiger partial charge in [0.15, 0.2) is 0 Å². The molecule has 0 spiro atoms. The van der Waals surface area contributed by atoms with E-state index in [2.05, 4.69) is 13.8 Å². The molecule has 0 bridgehead atoms. The van der Waals surface area contributed by atoms with Crippen LogP contribution in [0.15, 0.2) is 11.6 Å². The summed E-state index contributed by atoms with van der Waals surface area (Å²) in [7, 11) is 0.